The van der Waals surface area contributed by atoms with Crippen molar-refractivity contribution in [3.8, 4) is 5.75 Å². The van der Waals surface area contributed by atoms with Gasteiger partial charge in [-0.05, 0) is 35.2 Å². The van der Waals surface area contributed by atoms with E-state index in [1.165, 1.54) is 5.56 Å². The minimum absolute atomic E-state index is 0.212. The van der Waals surface area contributed by atoms with Crippen LogP contribution >= 0.6 is 0 Å². The summed E-state index contributed by atoms with van der Waals surface area (Å²) in [6, 6.07) is 14.7. The van der Waals surface area contributed by atoms with Crippen molar-refractivity contribution >= 4 is 0 Å². The molecule has 0 amide bonds. The Morgan fingerprint density at radius 2 is 1.39 bits per heavy atom. The van der Waals surface area contributed by atoms with Gasteiger partial charge in [-0.1, -0.05) is 49.7 Å². The molecule has 1 atom stereocenters. The Hall–Kier alpha value is -1.80. The highest BCUT2D eigenvalue weighted by Gasteiger charge is 2.09. The Kier molecular flexibility index (Phi) is 4.00. The van der Waals surface area contributed by atoms with Crippen LogP contribution in [0.15, 0.2) is 48.5 Å². The van der Waals surface area contributed by atoms with E-state index in [9.17, 15) is 10.2 Å². The van der Waals surface area contributed by atoms with Crippen molar-refractivity contribution < 1.29 is 10.2 Å². The van der Waals surface area contributed by atoms with E-state index < -0.39 is 6.10 Å². The lowest BCUT2D eigenvalue weighted by atomic mass is 9.99. The second kappa shape index (κ2) is 5.69. The van der Waals surface area contributed by atoms with E-state index in [1.807, 2.05) is 12.1 Å². The molecule has 0 aliphatic carbocycles. The number of phenols is 1. The first-order valence-corrected chi connectivity index (χ1v) is 6.26. The van der Waals surface area contributed by atoms with Gasteiger partial charge in [0, 0.05) is 0 Å². The third-order valence-corrected chi connectivity index (χ3v) is 3.04. The van der Waals surface area contributed by atoms with Crippen LogP contribution in [-0.4, -0.2) is 10.2 Å². The summed E-state index contributed by atoms with van der Waals surface area (Å²) in [5.74, 6) is 0.212. The molecule has 94 valence electrons. The molecular formula is C16H18O2. The van der Waals surface area contributed by atoms with Gasteiger partial charge in [-0.15, -0.1) is 0 Å². The first-order chi connectivity index (χ1) is 8.70. The van der Waals surface area contributed by atoms with Crippen LogP contribution in [0.25, 0.3) is 0 Å². The Bertz CT molecular complexity index is 486. The van der Waals surface area contributed by atoms with E-state index in [4.69, 9.17) is 0 Å². The molecule has 2 heteroatoms. The Morgan fingerprint density at radius 1 is 0.889 bits per heavy atom. The summed E-state index contributed by atoms with van der Waals surface area (Å²) < 4.78 is 0. The number of hydrogen-bond donors (Lipinski definition) is 2. The van der Waals surface area contributed by atoms with Crippen LogP contribution < -0.4 is 0 Å². The zero-order chi connectivity index (χ0) is 13.0. The number of aromatic hydroxyl groups is 1. The quantitative estimate of drug-likeness (QED) is 0.862. The maximum absolute atomic E-state index is 10.2. The number of aliphatic hydroxyl groups is 1. The maximum atomic E-state index is 10.2. The third-order valence-electron chi connectivity index (χ3n) is 3.04. The summed E-state index contributed by atoms with van der Waals surface area (Å²) >= 11 is 0. The van der Waals surface area contributed by atoms with Gasteiger partial charge in [0.05, 0.1) is 0 Å². The summed E-state index contributed by atoms with van der Waals surface area (Å²) in [6.45, 7) is 2.15. The highest BCUT2D eigenvalue weighted by atomic mass is 16.3. The minimum atomic E-state index is -0.638. The van der Waals surface area contributed by atoms with Crippen molar-refractivity contribution in [2.24, 2.45) is 0 Å². The molecule has 0 fully saturated rings. The summed E-state index contributed by atoms with van der Waals surface area (Å²) in [7, 11) is 0. The van der Waals surface area contributed by atoms with Crippen LogP contribution in [0.4, 0.5) is 0 Å². The van der Waals surface area contributed by atoms with Gasteiger partial charge < -0.3 is 10.2 Å². The van der Waals surface area contributed by atoms with E-state index in [2.05, 4.69) is 19.1 Å². The number of hydrogen-bond acceptors (Lipinski definition) is 2. The monoisotopic (exact) mass is 242 g/mol. The van der Waals surface area contributed by atoms with Crippen LogP contribution in [0, 0.1) is 0 Å². The molecular weight excluding hydrogens is 224 g/mol. The maximum Gasteiger partial charge on any atom is 0.115 e. The molecule has 2 aromatic carbocycles. The average Bonchev–Trinajstić information content (AvgIpc) is 2.40. The molecule has 0 aromatic heterocycles. The molecule has 0 aliphatic rings. The SMILES string of the molecule is CCCc1ccc(C(O)c2ccc(O)cc2)cc1. The largest absolute Gasteiger partial charge is 0.508 e. The lowest BCUT2D eigenvalue weighted by molar-refractivity contribution is 0.220. The van der Waals surface area contributed by atoms with Gasteiger partial charge in [-0.2, -0.15) is 0 Å². The number of phenolic OH excluding ortho intramolecular Hbond substituents is 1. The van der Waals surface area contributed by atoms with Gasteiger partial charge in [0.25, 0.3) is 0 Å². The fourth-order valence-electron chi connectivity index (χ4n) is 2.00. The van der Waals surface area contributed by atoms with Gasteiger partial charge in [-0.3, -0.25) is 0 Å². The van der Waals surface area contributed by atoms with Crippen LogP contribution in [0.3, 0.4) is 0 Å². The molecule has 0 heterocycles. The van der Waals surface area contributed by atoms with Crippen molar-refractivity contribution in [2.75, 3.05) is 0 Å². The van der Waals surface area contributed by atoms with E-state index in [1.54, 1.807) is 24.3 Å². The van der Waals surface area contributed by atoms with E-state index in [0.29, 0.717) is 0 Å². The Balaban J connectivity index is 2.17. The zero-order valence-corrected chi connectivity index (χ0v) is 10.5. The molecule has 1 unspecified atom stereocenters. The molecule has 2 rings (SSSR count). The van der Waals surface area contributed by atoms with Crippen LogP contribution in [0.1, 0.15) is 36.1 Å². The van der Waals surface area contributed by atoms with Gasteiger partial charge in [0.2, 0.25) is 0 Å². The Morgan fingerprint density at radius 3 is 1.89 bits per heavy atom. The van der Waals surface area contributed by atoms with Gasteiger partial charge in [-0.25, -0.2) is 0 Å². The summed E-state index contributed by atoms with van der Waals surface area (Å²) in [5, 5.41) is 19.4. The van der Waals surface area contributed by atoms with Crippen LogP contribution in [-0.2, 0) is 6.42 Å². The van der Waals surface area contributed by atoms with Crippen molar-refractivity contribution in [3.63, 3.8) is 0 Å². The van der Waals surface area contributed by atoms with Crippen molar-refractivity contribution in [1.29, 1.82) is 0 Å². The highest BCUT2D eigenvalue weighted by molar-refractivity contribution is 5.34. The normalized spacial score (nSPS) is 12.3. The minimum Gasteiger partial charge on any atom is -0.508 e. The van der Waals surface area contributed by atoms with Crippen LogP contribution in [0.2, 0.25) is 0 Å². The number of benzene rings is 2. The van der Waals surface area contributed by atoms with Crippen molar-refractivity contribution in [3.05, 3.63) is 65.2 Å². The molecule has 2 N–H and O–H groups in total. The Labute approximate surface area is 108 Å². The predicted molar refractivity (Wildman–Crippen MR) is 72.6 cm³/mol. The third kappa shape index (κ3) is 2.90. The second-order valence-electron chi connectivity index (χ2n) is 4.49. The lowest BCUT2D eigenvalue weighted by Crippen LogP contribution is -1.99. The summed E-state index contributed by atoms with van der Waals surface area (Å²) in [4.78, 5) is 0. The molecule has 2 aromatic rings. The molecule has 0 saturated heterocycles. The van der Waals surface area contributed by atoms with Gasteiger partial charge in [0.15, 0.2) is 0 Å². The number of aliphatic hydroxyl groups excluding tert-OH is 1. The second-order valence-corrected chi connectivity index (χ2v) is 4.49. The molecule has 0 bridgehead atoms. The standard InChI is InChI=1S/C16H18O2/c1-2-3-12-4-6-13(7-5-12)16(18)14-8-10-15(17)11-9-14/h4-11,16-18H,2-3H2,1H3. The molecule has 18 heavy (non-hydrogen) atoms. The van der Waals surface area contributed by atoms with E-state index in [-0.39, 0.29) is 5.75 Å². The first kappa shape index (κ1) is 12.7. The molecule has 0 saturated carbocycles. The topological polar surface area (TPSA) is 40.5 Å². The fourth-order valence-corrected chi connectivity index (χ4v) is 2.00. The van der Waals surface area contributed by atoms with Crippen molar-refractivity contribution in [2.45, 2.75) is 25.9 Å². The molecule has 0 aliphatic heterocycles. The van der Waals surface area contributed by atoms with Gasteiger partial charge >= 0.3 is 0 Å². The van der Waals surface area contributed by atoms with E-state index in [0.717, 1.165) is 24.0 Å². The predicted octanol–water partition coefficient (Wildman–Crippen LogP) is 3.43. The fraction of sp³-hybridized carbons (Fsp3) is 0.250. The van der Waals surface area contributed by atoms with E-state index >= 15 is 0 Å². The highest BCUT2D eigenvalue weighted by Crippen LogP contribution is 2.23. The lowest BCUT2D eigenvalue weighted by Gasteiger charge is -2.12. The molecule has 0 spiro atoms. The summed E-state index contributed by atoms with van der Waals surface area (Å²) in [5.41, 5.74) is 2.95. The summed E-state index contributed by atoms with van der Waals surface area (Å²) in [6.07, 6.45) is 1.55. The number of aryl methyl sites for hydroxylation is 1. The van der Waals surface area contributed by atoms with Crippen LogP contribution in [0.5, 0.6) is 5.75 Å². The first-order valence-electron chi connectivity index (χ1n) is 6.26. The van der Waals surface area contributed by atoms with Gasteiger partial charge in [0.1, 0.15) is 11.9 Å². The van der Waals surface area contributed by atoms with Crippen molar-refractivity contribution in [1.82, 2.24) is 0 Å². The molecule has 0 radical (unpaired) electrons. The average molecular weight is 242 g/mol. The number of rotatable bonds is 4. The molecule has 2 nitrogen and oxygen atoms in total. The zero-order valence-electron chi connectivity index (χ0n) is 10.5. The smallest absolute Gasteiger partial charge is 0.115 e.